The lowest BCUT2D eigenvalue weighted by Gasteiger charge is -2.06. The highest BCUT2D eigenvalue weighted by Crippen LogP contribution is 2.12. The van der Waals surface area contributed by atoms with Gasteiger partial charge in [0.15, 0.2) is 0 Å². The lowest BCUT2D eigenvalue weighted by Crippen LogP contribution is -2.23. The van der Waals surface area contributed by atoms with E-state index in [1.54, 1.807) is 12.1 Å². The fourth-order valence-electron chi connectivity index (χ4n) is 1.54. The lowest BCUT2D eigenvalue weighted by atomic mass is 10.2. The van der Waals surface area contributed by atoms with Gasteiger partial charge >= 0.3 is 0 Å². The molecule has 5 nitrogen and oxygen atoms in total. The first kappa shape index (κ1) is 15.0. The maximum atomic E-state index is 12.1. The highest BCUT2D eigenvalue weighted by atomic mass is 32.2. The van der Waals surface area contributed by atoms with Crippen LogP contribution in [0, 0.1) is 6.92 Å². The van der Waals surface area contributed by atoms with Gasteiger partial charge < -0.3 is 5.73 Å². The first-order valence-electron chi connectivity index (χ1n) is 5.69. The van der Waals surface area contributed by atoms with Crippen LogP contribution in [0.4, 0.5) is 0 Å². The van der Waals surface area contributed by atoms with Crippen LogP contribution in [0.5, 0.6) is 0 Å². The first-order chi connectivity index (χ1) is 9.38. The summed E-state index contributed by atoms with van der Waals surface area (Å²) in [5.41, 5.74) is 6.81. The number of aryl methyl sites for hydroxylation is 1. The molecule has 0 aliphatic rings. The summed E-state index contributed by atoms with van der Waals surface area (Å²) in [5.74, 6) is 0. The van der Waals surface area contributed by atoms with Crippen LogP contribution >= 0.6 is 23.6 Å². The molecule has 1 aromatic carbocycles. The molecular weight excluding hydrogens is 314 g/mol. The van der Waals surface area contributed by atoms with E-state index in [1.807, 2.05) is 12.3 Å². The van der Waals surface area contributed by atoms with E-state index in [-0.39, 0.29) is 16.4 Å². The zero-order chi connectivity index (χ0) is 14.8. The molecule has 1 heterocycles. The van der Waals surface area contributed by atoms with Crippen LogP contribution < -0.4 is 10.5 Å². The molecule has 0 radical (unpaired) electrons. The van der Waals surface area contributed by atoms with E-state index < -0.39 is 10.0 Å². The summed E-state index contributed by atoms with van der Waals surface area (Å²) in [6.07, 6.45) is 0. The van der Waals surface area contributed by atoms with Crippen molar-refractivity contribution in [2.75, 3.05) is 0 Å². The SMILES string of the molecule is Cc1nc(CNS(=O)(=O)c2ccc(C(N)=S)cc2)cs1. The van der Waals surface area contributed by atoms with Gasteiger partial charge in [-0.05, 0) is 19.1 Å². The second-order valence-corrected chi connectivity index (χ2v) is 7.34. The minimum Gasteiger partial charge on any atom is -0.389 e. The average Bonchev–Trinajstić information content (AvgIpc) is 2.82. The van der Waals surface area contributed by atoms with E-state index in [0.29, 0.717) is 11.3 Å². The Kier molecular flexibility index (Phi) is 4.48. The van der Waals surface area contributed by atoms with Crippen molar-refractivity contribution in [3.8, 4) is 0 Å². The van der Waals surface area contributed by atoms with E-state index in [0.717, 1.165) is 5.01 Å². The Morgan fingerprint density at radius 2 is 2.05 bits per heavy atom. The van der Waals surface area contributed by atoms with Crippen molar-refractivity contribution >= 4 is 38.6 Å². The molecule has 0 unspecified atom stereocenters. The highest BCUT2D eigenvalue weighted by Gasteiger charge is 2.14. The van der Waals surface area contributed by atoms with Gasteiger partial charge in [-0.1, -0.05) is 24.4 Å². The van der Waals surface area contributed by atoms with Crippen LogP contribution in [0.1, 0.15) is 16.3 Å². The summed E-state index contributed by atoms with van der Waals surface area (Å²) in [6, 6.07) is 6.13. The third-order valence-electron chi connectivity index (χ3n) is 2.56. The van der Waals surface area contributed by atoms with E-state index in [2.05, 4.69) is 9.71 Å². The smallest absolute Gasteiger partial charge is 0.240 e. The Bertz CT molecular complexity index is 721. The van der Waals surface area contributed by atoms with Crippen molar-refractivity contribution in [2.45, 2.75) is 18.4 Å². The van der Waals surface area contributed by atoms with E-state index >= 15 is 0 Å². The largest absolute Gasteiger partial charge is 0.389 e. The predicted molar refractivity (Wildman–Crippen MR) is 83.2 cm³/mol. The van der Waals surface area contributed by atoms with Gasteiger partial charge in [0.1, 0.15) is 4.99 Å². The average molecular weight is 327 g/mol. The zero-order valence-electron chi connectivity index (χ0n) is 10.7. The molecule has 0 atom stereocenters. The van der Waals surface area contributed by atoms with Crippen molar-refractivity contribution in [1.82, 2.24) is 9.71 Å². The number of nitrogens with one attached hydrogen (secondary N) is 1. The van der Waals surface area contributed by atoms with E-state index in [1.165, 1.54) is 23.5 Å². The van der Waals surface area contributed by atoms with Crippen molar-refractivity contribution in [1.29, 1.82) is 0 Å². The minimum absolute atomic E-state index is 0.170. The van der Waals surface area contributed by atoms with E-state index in [9.17, 15) is 8.42 Å². The zero-order valence-corrected chi connectivity index (χ0v) is 13.1. The van der Waals surface area contributed by atoms with Crippen molar-refractivity contribution in [3.63, 3.8) is 0 Å². The Hall–Kier alpha value is -1.35. The fraction of sp³-hybridized carbons (Fsp3) is 0.167. The van der Waals surface area contributed by atoms with Crippen molar-refractivity contribution in [3.05, 3.63) is 45.9 Å². The van der Waals surface area contributed by atoms with E-state index in [4.69, 9.17) is 18.0 Å². The fourth-order valence-corrected chi connectivity index (χ4v) is 3.29. The molecule has 0 aliphatic carbocycles. The molecule has 0 amide bonds. The molecule has 8 heteroatoms. The highest BCUT2D eigenvalue weighted by molar-refractivity contribution is 7.89. The number of hydrogen-bond donors (Lipinski definition) is 2. The quantitative estimate of drug-likeness (QED) is 0.814. The summed E-state index contributed by atoms with van der Waals surface area (Å²) >= 11 is 6.30. The van der Waals surface area contributed by atoms with Crippen LogP contribution in [0.25, 0.3) is 0 Å². The number of thiazole rings is 1. The second-order valence-electron chi connectivity index (χ2n) is 4.07. The lowest BCUT2D eigenvalue weighted by molar-refractivity contribution is 0.580. The Labute approximate surface area is 126 Å². The van der Waals surface area contributed by atoms with Gasteiger partial charge in [-0.15, -0.1) is 11.3 Å². The molecule has 3 N–H and O–H groups in total. The molecule has 0 fully saturated rings. The minimum atomic E-state index is -3.56. The number of nitrogens with zero attached hydrogens (tertiary/aromatic N) is 1. The summed E-state index contributed by atoms with van der Waals surface area (Å²) in [7, 11) is -3.56. The number of hydrogen-bond acceptors (Lipinski definition) is 5. The molecule has 0 aliphatic heterocycles. The molecule has 1 aromatic heterocycles. The molecule has 2 aromatic rings. The number of rotatable bonds is 5. The van der Waals surface area contributed by atoms with Crippen molar-refractivity contribution in [2.24, 2.45) is 5.73 Å². The molecule has 2 rings (SSSR count). The van der Waals surface area contributed by atoms with Crippen molar-refractivity contribution < 1.29 is 8.42 Å². The Morgan fingerprint density at radius 3 is 2.55 bits per heavy atom. The third-order valence-corrected chi connectivity index (χ3v) is 5.03. The van der Waals surface area contributed by atoms with Crippen LogP contribution in [-0.4, -0.2) is 18.4 Å². The Balaban J connectivity index is 2.11. The maximum Gasteiger partial charge on any atom is 0.240 e. The molecule has 0 saturated carbocycles. The first-order valence-corrected chi connectivity index (χ1v) is 8.46. The molecular formula is C12H13N3O2S3. The van der Waals surface area contributed by atoms with Crippen LogP contribution in [0.2, 0.25) is 0 Å². The molecule has 0 bridgehead atoms. The maximum absolute atomic E-state index is 12.1. The Morgan fingerprint density at radius 1 is 1.40 bits per heavy atom. The summed E-state index contributed by atoms with van der Waals surface area (Å²) in [5, 5.41) is 2.73. The summed E-state index contributed by atoms with van der Waals surface area (Å²) in [6.45, 7) is 2.04. The number of nitrogens with two attached hydrogens (primary N) is 1. The van der Waals surface area contributed by atoms with Crippen LogP contribution in [0.15, 0.2) is 34.5 Å². The number of aromatic nitrogens is 1. The van der Waals surface area contributed by atoms with Gasteiger partial charge in [0.05, 0.1) is 22.1 Å². The predicted octanol–water partition coefficient (Wildman–Crippen LogP) is 1.56. The van der Waals surface area contributed by atoms with Gasteiger partial charge in [0.2, 0.25) is 10.0 Å². The van der Waals surface area contributed by atoms with Gasteiger partial charge in [-0.2, -0.15) is 0 Å². The van der Waals surface area contributed by atoms with Crippen LogP contribution in [-0.2, 0) is 16.6 Å². The second kappa shape index (κ2) is 5.96. The number of thiocarbonyl (C=S) groups is 1. The molecule has 0 spiro atoms. The molecule has 0 saturated heterocycles. The molecule has 20 heavy (non-hydrogen) atoms. The number of sulfonamides is 1. The standard InChI is InChI=1S/C12H13N3O2S3/c1-8-15-10(7-19-8)6-14-20(16,17)11-4-2-9(3-5-11)12(13)18/h2-5,7,14H,6H2,1H3,(H2,13,18). The summed E-state index contributed by atoms with van der Waals surface area (Å²) in [4.78, 5) is 4.61. The topological polar surface area (TPSA) is 85.1 Å². The van der Waals surface area contributed by atoms with Gasteiger partial charge in [-0.3, -0.25) is 0 Å². The summed E-state index contributed by atoms with van der Waals surface area (Å²) < 4.78 is 26.7. The van der Waals surface area contributed by atoms with Crippen LogP contribution in [0.3, 0.4) is 0 Å². The molecule has 106 valence electrons. The normalized spacial score (nSPS) is 11.4. The van der Waals surface area contributed by atoms with Gasteiger partial charge in [-0.25, -0.2) is 18.1 Å². The third kappa shape index (κ3) is 3.60. The number of benzene rings is 1. The van der Waals surface area contributed by atoms with Gasteiger partial charge in [0, 0.05) is 10.9 Å². The van der Waals surface area contributed by atoms with Gasteiger partial charge in [0.25, 0.3) is 0 Å². The monoisotopic (exact) mass is 327 g/mol.